The number of aromatic nitrogens is 1. The fourth-order valence-electron chi connectivity index (χ4n) is 5.55. The van der Waals surface area contributed by atoms with E-state index in [9.17, 15) is 5.26 Å². The molecule has 0 N–H and O–H groups in total. The molecule has 2 bridgehead atoms. The molecule has 5 heterocycles. The standard InChI is InChI=1S/C24H17N2O2.ClH/c25-16-23-15-24(17-8-11-27-13-17,18-9-12-28-14-18)22(19-5-1-2-6-20(19)23)21-7-3-4-10-26(21)23;/h1-14,22H,15H2;1H/q+1;/p-1/t22-,23-;/m0./s1. The van der Waals surface area contributed by atoms with Crippen LogP contribution in [0.1, 0.15) is 40.3 Å². The molecule has 3 aromatic heterocycles. The quantitative estimate of drug-likeness (QED) is 0.476. The first-order valence-electron chi connectivity index (χ1n) is 9.38. The normalized spacial score (nSPS) is 22.8. The Hall–Kier alpha value is -3.29. The number of hydrogen-bond acceptors (Lipinski definition) is 3. The van der Waals surface area contributed by atoms with Crippen LogP contribution in [0.25, 0.3) is 0 Å². The maximum absolute atomic E-state index is 10.6. The van der Waals surface area contributed by atoms with Gasteiger partial charge in [-0.1, -0.05) is 30.3 Å². The van der Waals surface area contributed by atoms with Gasteiger partial charge < -0.3 is 21.2 Å². The number of hydrogen-bond donors (Lipinski definition) is 0. The Balaban J connectivity index is 0.00000181. The van der Waals surface area contributed by atoms with Crippen LogP contribution in [-0.2, 0) is 11.0 Å². The minimum absolute atomic E-state index is 0. The number of fused-ring (bicyclic) bond motifs is 1. The lowest BCUT2D eigenvalue weighted by Crippen LogP contribution is -3.00. The van der Waals surface area contributed by atoms with E-state index in [4.69, 9.17) is 8.83 Å². The van der Waals surface area contributed by atoms with Crippen molar-refractivity contribution < 1.29 is 25.8 Å². The van der Waals surface area contributed by atoms with Gasteiger partial charge in [0.1, 0.15) is 6.07 Å². The van der Waals surface area contributed by atoms with E-state index in [2.05, 4.69) is 41.0 Å². The van der Waals surface area contributed by atoms with E-state index in [1.165, 1.54) is 5.56 Å². The summed E-state index contributed by atoms with van der Waals surface area (Å²) in [6.07, 6.45) is 9.71. The second kappa shape index (κ2) is 6.10. The average molecular weight is 401 g/mol. The molecule has 7 rings (SSSR count). The number of nitriles is 1. The van der Waals surface area contributed by atoms with Gasteiger partial charge in [-0.25, -0.2) is 0 Å². The van der Waals surface area contributed by atoms with Gasteiger partial charge in [-0.3, -0.25) is 0 Å². The second-order valence-corrected chi connectivity index (χ2v) is 7.66. The van der Waals surface area contributed by atoms with Crippen molar-refractivity contribution in [1.29, 1.82) is 5.26 Å². The largest absolute Gasteiger partial charge is 1.00 e. The highest BCUT2D eigenvalue weighted by Gasteiger charge is 2.67. The Morgan fingerprint density at radius 1 is 0.931 bits per heavy atom. The number of nitrogens with zero attached hydrogens (tertiary/aromatic N) is 2. The lowest BCUT2D eigenvalue weighted by atomic mass is 9.50. The van der Waals surface area contributed by atoms with Crippen LogP contribution in [0.15, 0.2) is 94.7 Å². The van der Waals surface area contributed by atoms with E-state index >= 15 is 0 Å². The topological polar surface area (TPSA) is 54.0 Å². The molecule has 142 valence electrons. The van der Waals surface area contributed by atoms with Crippen LogP contribution >= 0.6 is 0 Å². The first kappa shape index (κ1) is 17.8. The summed E-state index contributed by atoms with van der Waals surface area (Å²) >= 11 is 0. The molecule has 2 aliphatic heterocycles. The molecule has 0 fully saturated rings. The molecule has 0 amide bonds. The molecular formula is C24H17ClN2O2. The molecule has 4 nitrogen and oxygen atoms in total. The molecule has 1 aromatic carbocycles. The van der Waals surface area contributed by atoms with Crippen LogP contribution in [-0.4, -0.2) is 0 Å². The van der Waals surface area contributed by atoms with Crippen LogP contribution in [0, 0.1) is 11.3 Å². The number of halogens is 1. The summed E-state index contributed by atoms with van der Waals surface area (Å²) in [5.74, 6) is 0.0512. The second-order valence-electron chi connectivity index (χ2n) is 7.66. The minimum Gasteiger partial charge on any atom is -1.00 e. The van der Waals surface area contributed by atoms with Crippen molar-refractivity contribution in [3.05, 3.63) is 114 Å². The minimum atomic E-state index is -0.795. The van der Waals surface area contributed by atoms with Gasteiger partial charge in [0.25, 0.3) is 5.54 Å². The lowest BCUT2D eigenvalue weighted by Gasteiger charge is -2.51. The lowest BCUT2D eigenvalue weighted by molar-refractivity contribution is -0.759. The van der Waals surface area contributed by atoms with Gasteiger partial charge in [-0.2, -0.15) is 9.83 Å². The van der Waals surface area contributed by atoms with E-state index in [0.29, 0.717) is 6.42 Å². The van der Waals surface area contributed by atoms with Gasteiger partial charge in [-0.05, 0) is 17.7 Å². The summed E-state index contributed by atoms with van der Waals surface area (Å²) in [6, 6.07) is 21.3. The zero-order valence-corrected chi connectivity index (χ0v) is 16.2. The third kappa shape index (κ3) is 2.01. The SMILES string of the molecule is N#C[C@@]12CC(c3ccoc3)(c3ccoc3)[C@@H](c3ccccc31)c1cccc[n+]12.[Cl-]. The first-order chi connectivity index (χ1) is 13.8. The Labute approximate surface area is 174 Å². The molecule has 4 aromatic rings. The van der Waals surface area contributed by atoms with Crippen molar-refractivity contribution >= 4 is 0 Å². The Morgan fingerprint density at radius 2 is 1.62 bits per heavy atom. The van der Waals surface area contributed by atoms with Crippen LogP contribution < -0.4 is 17.0 Å². The van der Waals surface area contributed by atoms with E-state index < -0.39 is 11.0 Å². The van der Waals surface area contributed by atoms with Gasteiger partial charge >= 0.3 is 0 Å². The van der Waals surface area contributed by atoms with Crippen LogP contribution in [0.4, 0.5) is 0 Å². The maximum atomic E-state index is 10.6. The molecule has 0 saturated carbocycles. The Bertz CT molecular complexity index is 1140. The number of furan rings is 2. The summed E-state index contributed by atoms with van der Waals surface area (Å²) in [7, 11) is 0. The predicted octanol–water partition coefficient (Wildman–Crippen LogP) is 1.27. The number of benzene rings is 1. The maximum Gasteiger partial charge on any atom is 0.280 e. The molecule has 0 spiro atoms. The van der Waals surface area contributed by atoms with Crippen molar-refractivity contribution in [2.45, 2.75) is 23.3 Å². The van der Waals surface area contributed by atoms with E-state index in [1.54, 1.807) is 12.5 Å². The Morgan fingerprint density at radius 3 is 2.28 bits per heavy atom. The highest BCUT2D eigenvalue weighted by atomic mass is 35.5. The molecular weight excluding hydrogens is 384 g/mol. The molecule has 3 aliphatic rings. The smallest absolute Gasteiger partial charge is 0.280 e. The summed E-state index contributed by atoms with van der Waals surface area (Å²) in [5.41, 5.74) is 4.34. The van der Waals surface area contributed by atoms with Gasteiger partial charge in [0, 0.05) is 35.2 Å². The molecule has 2 atom stereocenters. The molecule has 29 heavy (non-hydrogen) atoms. The van der Waals surface area contributed by atoms with Crippen LogP contribution in [0.3, 0.4) is 0 Å². The summed E-state index contributed by atoms with van der Waals surface area (Å²) in [6.45, 7) is 0. The molecule has 0 saturated heterocycles. The monoisotopic (exact) mass is 400 g/mol. The van der Waals surface area contributed by atoms with E-state index in [-0.39, 0.29) is 18.3 Å². The van der Waals surface area contributed by atoms with Crippen molar-refractivity contribution in [2.24, 2.45) is 0 Å². The molecule has 0 radical (unpaired) electrons. The third-order valence-electron chi connectivity index (χ3n) is 6.60. The summed E-state index contributed by atoms with van der Waals surface area (Å²) in [4.78, 5) is 0. The highest BCUT2D eigenvalue weighted by Crippen LogP contribution is 2.61. The Kier molecular flexibility index (Phi) is 3.74. The zero-order valence-electron chi connectivity index (χ0n) is 15.5. The average Bonchev–Trinajstić information content (AvgIpc) is 3.48. The number of pyridine rings is 1. The molecule has 1 aliphatic carbocycles. The molecule has 0 unspecified atom stereocenters. The van der Waals surface area contributed by atoms with Crippen molar-refractivity contribution in [2.75, 3.05) is 0 Å². The fraction of sp³-hybridized carbons (Fsp3) is 0.167. The summed E-state index contributed by atoms with van der Waals surface area (Å²) < 4.78 is 13.2. The van der Waals surface area contributed by atoms with E-state index in [1.807, 2.05) is 43.0 Å². The third-order valence-corrected chi connectivity index (χ3v) is 6.60. The van der Waals surface area contributed by atoms with Gasteiger partial charge in [-0.15, -0.1) is 0 Å². The predicted molar refractivity (Wildman–Crippen MR) is 100 cm³/mol. The van der Waals surface area contributed by atoms with Gasteiger partial charge in [0.15, 0.2) is 11.9 Å². The first-order valence-corrected chi connectivity index (χ1v) is 9.38. The van der Waals surface area contributed by atoms with Gasteiger partial charge in [0.2, 0.25) is 0 Å². The van der Waals surface area contributed by atoms with Crippen molar-refractivity contribution in [1.82, 2.24) is 0 Å². The molecule has 5 heteroatoms. The van der Waals surface area contributed by atoms with Crippen molar-refractivity contribution in [3.8, 4) is 6.07 Å². The van der Waals surface area contributed by atoms with E-state index in [0.717, 1.165) is 22.4 Å². The zero-order chi connectivity index (χ0) is 18.8. The van der Waals surface area contributed by atoms with Crippen LogP contribution in [0.5, 0.6) is 0 Å². The fourth-order valence-corrected chi connectivity index (χ4v) is 5.55. The van der Waals surface area contributed by atoms with Gasteiger partial charge in [0.05, 0.1) is 36.4 Å². The number of rotatable bonds is 2. The van der Waals surface area contributed by atoms with Crippen molar-refractivity contribution in [3.63, 3.8) is 0 Å². The van der Waals surface area contributed by atoms with Crippen LogP contribution in [0.2, 0.25) is 0 Å². The highest BCUT2D eigenvalue weighted by molar-refractivity contribution is 5.57. The summed E-state index contributed by atoms with van der Waals surface area (Å²) in [5, 5.41) is 10.6.